The third-order valence-corrected chi connectivity index (χ3v) is 6.09. The molecule has 0 amide bonds. The molecular weight excluding hydrogens is 391 g/mol. The predicted octanol–water partition coefficient (Wildman–Crippen LogP) is 5.48. The van der Waals surface area contributed by atoms with E-state index in [1.807, 2.05) is 23.1 Å². The van der Waals surface area contributed by atoms with Gasteiger partial charge in [0.1, 0.15) is 0 Å². The lowest BCUT2D eigenvalue weighted by Gasteiger charge is -2.36. The van der Waals surface area contributed by atoms with Crippen LogP contribution in [0.4, 0.5) is 0 Å². The van der Waals surface area contributed by atoms with Gasteiger partial charge in [0.05, 0.1) is 6.04 Å². The number of piperazine rings is 1. The first-order chi connectivity index (χ1) is 11.0. The molecule has 25 heavy (non-hydrogen) atoms. The van der Waals surface area contributed by atoms with E-state index in [2.05, 4.69) is 72.8 Å². The van der Waals surface area contributed by atoms with Gasteiger partial charge in [0.2, 0.25) is 0 Å². The largest absolute Gasteiger partial charge is 0.314 e. The number of nitrogens with one attached hydrogen (secondary N) is 1. The molecule has 1 aliphatic rings. The van der Waals surface area contributed by atoms with Crippen LogP contribution in [0.15, 0.2) is 46.7 Å². The van der Waals surface area contributed by atoms with E-state index in [1.54, 1.807) is 0 Å². The van der Waals surface area contributed by atoms with Gasteiger partial charge < -0.3 is 5.32 Å². The molecule has 1 aliphatic heterocycles. The van der Waals surface area contributed by atoms with Crippen molar-refractivity contribution >= 4 is 47.9 Å². The molecule has 1 saturated heterocycles. The van der Waals surface area contributed by atoms with E-state index in [9.17, 15) is 0 Å². The summed E-state index contributed by atoms with van der Waals surface area (Å²) in [6.07, 6.45) is 0. The highest BCUT2D eigenvalue weighted by Gasteiger charge is 2.27. The van der Waals surface area contributed by atoms with E-state index in [-0.39, 0.29) is 29.6 Å². The molecule has 2 aromatic rings. The molecule has 1 aromatic carbocycles. The van der Waals surface area contributed by atoms with Crippen LogP contribution >= 0.6 is 47.9 Å². The highest BCUT2D eigenvalue weighted by molar-refractivity contribution is 8.00. The van der Waals surface area contributed by atoms with Gasteiger partial charge >= 0.3 is 0 Å². The van der Waals surface area contributed by atoms with Crippen LogP contribution in [0, 0.1) is 0 Å². The van der Waals surface area contributed by atoms with Crippen LogP contribution in [0.3, 0.4) is 0 Å². The van der Waals surface area contributed by atoms with Crippen molar-refractivity contribution in [1.29, 1.82) is 0 Å². The zero-order chi connectivity index (χ0) is 16.3. The van der Waals surface area contributed by atoms with Crippen LogP contribution in [0.1, 0.15) is 37.3 Å². The van der Waals surface area contributed by atoms with E-state index >= 15 is 0 Å². The molecule has 140 valence electrons. The van der Waals surface area contributed by atoms with Crippen molar-refractivity contribution in [3.63, 3.8) is 0 Å². The quantitative estimate of drug-likeness (QED) is 0.661. The third-order valence-electron chi connectivity index (χ3n) is 3.96. The van der Waals surface area contributed by atoms with Crippen LogP contribution in [0.2, 0.25) is 0 Å². The maximum atomic E-state index is 3.48. The van der Waals surface area contributed by atoms with E-state index < -0.39 is 0 Å². The summed E-state index contributed by atoms with van der Waals surface area (Å²) >= 11 is 3.85. The molecule has 3 rings (SSSR count). The van der Waals surface area contributed by atoms with Gasteiger partial charge in [0.15, 0.2) is 0 Å². The number of thiophene rings is 1. The third kappa shape index (κ3) is 6.16. The predicted molar refractivity (Wildman–Crippen MR) is 117 cm³/mol. The summed E-state index contributed by atoms with van der Waals surface area (Å²) in [6.45, 7) is 11.2. The molecule has 6 heteroatoms. The fraction of sp³-hybridized carbons (Fsp3) is 0.474. The van der Waals surface area contributed by atoms with Crippen molar-refractivity contribution in [2.75, 3.05) is 26.2 Å². The fourth-order valence-corrected chi connectivity index (χ4v) is 5.03. The summed E-state index contributed by atoms with van der Waals surface area (Å²) in [5.41, 5.74) is 1.46. The van der Waals surface area contributed by atoms with Crippen molar-refractivity contribution in [1.82, 2.24) is 10.2 Å². The lowest BCUT2D eigenvalue weighted by atomic mass is 10.0. The summed E-state index contributed by atoms with van der Waals surface area (Å²) in [7, 11) is 0. The molecule has 0 aliphatic carbocycles. The number of halogens is 2. The lowest BCUT2D eigenvalue weighted by Crippen LogP contribution is -2.45. The Kier molecular flexibility index (Phi) is 9.30. The topological polar surface area (TPSA) is 15.3 Å². The van der Waals surface area contributed by atoms with Crippen molar-refractivity contribution < 1.29 is 0 Å². The molecule has 1 aromatic heterocycles. The minimum atomic E-state index is 0. The second kappa shape index (κ2) is 10.2. The minimum Gasteiger partial charge on any atom is -0.314 e. The number of hydrogen-bond acceptors (Lipinski definition) is 4. The van der Waals surface area contributed by atoms with Crippen LogP contribution < -0.4 is 5.32 Å². The molecule has 0 spiro atoms. The van der Waals surface area contributed by atoms with Crippen molar-refractivity contribution in [3.8, 4) is 0 Å². The maximum absolute atomic E-state index is 3.48. The second-order valence-electron chi connectivity index (χ2n) is 6.96. The van der Waals surface area contributed by atoms with E-state index in [1.165, 1.54) is 15.3 Å². The summed E-state index contributed by atoms with van der Waals surface area (Å²) in [4.78, 5) is 5.50. The summed E-state index contributed by atoms with van der Waals surface area (Å²) in [5.74, 6) is 0. The highest BCUT2D eigenvalue weighted by atomic mass is 35.5. The molecule has 0 saturated carbocycles. The van der Waals surface area contributed by atoms with Gasteiger partial charge in [-0.15, -0.1) is 47.9 Å². The van der Waals surface area contributed by atoms with Gasteiger partial charge in [0.25, 0.3) is 0 Å². The van der Waals surface area contributed by atoms with E-state index in [4.69, 9.17) is 0 Å². The first-order valence-electron chi connectivity index (χ1n) is 8.31. The maximum Gasteiger partial charge on any atom is 0.0707 e. The van der Waals surface area contributed by atoms with Gasteiger partial charge in [0, 0.05) is 40.7 Å². The van der Waals surface area contributed by atoms with Gasteiger partial charge in [-0.2, -0.15) is 0 Å². The second-order valence-corrected chi connectivity index (χ2v) is 9.80. The average molecular weight is 419 g/mol. The minimum absolute atomic E-state index is 0. The van der Waals surface area contributed by atoms with Gasteiger partial charge in [-0.05, 0) is 23.1 Å². The Morgan fingerprint density at radius 1 is 1.04 bits per heavy atom. The van der Waals surface area contributed by atoms with Crippen LogP contribution in [-0.2, 0) is 0 Å². The molecule has 2 heterocycles. The first-order valence-corrected chi connectivity index (χ1v) is 10.0. The molecule has 1 fully saturated rings. The number of thioether (sulfide) groups is 1. The Morgan fingerprint density at radius 3 is 2.32 bits per heavy atom. The molecular formula is C19H28Cl2N2S2. The van der Waals surface area contributed by atoms with E-state index in [0.29, 0.717) is 6.04 Å². The molecule has 1 N–H and O–H groups in total. The van der Waals surface area contributed by atoms with Crippen molar-refractivity contribution in [2.45, 2.75) is 36.5 Å². The lowest BCUT2D eigenvalue weighted by molar-refractivity contribution is 0.199. The fourth-order valence-electron chi connectivity index (χ4n) is 3.05. The summed E-state index contributed by atoms with van der Waals surface area (Å²) in [5, 5.41) is 5.67. The number of rotatable bonds is 4. The van der Waals surface area contributed by atoms with Crippen LogP contribution in [0.25, 0.3) is 0 Å². The zero-order valence-corrected chi connectivity index (χ0v) is 18.3. The smallest absolute Gasteiger partial charge is 0.0707 e. The van der Waals surface area contributed by atoms with Crippen LogP contribution in [-0.4, -0.2) is 35.8 Å². The Hall–Kier alpha value is -0.230. The van der Waals surface area contributed by atoms with Crippen molar-refractivity contribution in [2.24, 2.45) is 0 Å². The molecule has 0 bridgehead atoms. The highest BCUT2D eigenvalue weighted by Crippen LogP contribution is 2.41. The summed E-state index contributed by atoms with van der Waals surface area (Å²) < 4.78 is 0.222. The van der Waals surface area contributed by atoms with Crippen LogP contribution in [0.5, 0.6) is 0 Å². The Balaban J connectivity index is 0.00000156. The Bertz CT molecular complexity index is 621. The SMILES string of the molecule is CC(C)(C)Sc1ccccc1[C@@H](c1cccs1)N1CCNCC1.Cl.Cl. The van der Waals surface area contributed by atoms with Gasteiger partial charge in [-0.3, -0.25) is 4.90 Å². The average Bonchev–Trinajstić information content (AvgIpc) is 3.03. The molecule has 2 nitrogen and oxygen atoms in total. The summed E-state index contributed by atoms with van der Waals surface area (Å²) in [6, 6.07) is 13.8. The molecule has 0 radical (unpaired) electrons. The van der Waals surface area contributed by atoms with Gasteiger partial charge in [-0.1, -0.05) is 45.0 Å². The Morgan fingerprint density at radius 2 is 1.72 bits per heavy atom. The van der Waals surface area contributed by atoms with Crippen molar-refractivity contribution in [3.05, 3.63) is 52.2 Å². The standard InChI is InChI=1S/C19H26N2S2.2ClH/c1-19(2,3)23-16-8-5-4-7-15(16)18(17-9-6-14-22-17)21-12-10-20-11-13-21;;/h4-9,14,18,20H,10-13H2,1-3H3;2*1H/t18-;;/m0../s1. The first kappa shape index (κ1) is 22.8. The molecule has 0 unspecified atom stereocenters. The number of benzene rings is 1. The van der Waals surface area contributed by atoms with Gasteiger partial charge in [-0.25, -0.2) is 0 Å². The monoisotopic (exact) mass is 418 g/mol. The number of hydrogen-bond donors (Lipinski definition) is 1. The zero-order valence-electron chi connectivity index (χ0n) is 15.0. The number of nitrogens with zero attached hydrogens (tertiary/aromatic N) is 1. The Labute approximate surface area is 172 Å². The molecule has 1 atom stereocenters. The normalized spacial score (nSPS) is 16.6. The van der Waals surface area contributed by atoms with E-state index in [0.717, 1.165) is 26.2 Å².